The van der Waals surface area contributed by atoms with Crippen LogP contribution in [0.4, 0.5) is 0 Å². The minimum atomic E-state index is 0.491. The predicted octanol–water partition coefficient (Wildman–Crippen LogP) is 3.00. The minimum absolute atomic E-state index is 0.491. The number of hydrogen-bond acceptors (Lipinski definition) is 3. The number of nitrogens with two attached hydrogens (primary N) is 1. The van der Waals surface area contributed by atoms with Gasteiger partial charge in [0.05, 0.1) is 12.8 Å². The van der Waals surface area contributed by atoms with Gasteiger partial charge in [-0.3, -0.25) is 4.90 Å². The normalized spacial score (nSPS) is 11.6. The lowest BCUT2D eigenvalue weighted by atomic mass is 10.0. The molecule has 0 bridgehead atoms. The van der Waals surface area contributed by atoms with Crippen molar-refractivity contribution in [3.63, 3.8) is 0 Å². The largest absolute Gasteiger partial charge is 0.468 e. The smallest absolute Gasteiger partial charge is 0.121 e. The molecule has 1 heterocycles. The van der Waals surface area contributed by atoms with Crippen LogP contribution in [0.5, 0.6) is 0 Å². The molecule has 0 aromatic carbocycles. The van der Waals surface area contributed by atoms with Crippen LogP contribution in [0.25, 0.3) is 0 Å². The standard InChI is InChI=1S/C14H26N2O/c1-4-12(5-2)10-16(6-3)11-13-7-8-17-14(13)9-15/h7-8,12H,4-6,9-11,15H2,1-3H3. The van der Waals surface area contributed by atoms with Gasteiger partial charge in [-0.25, -0.2) is 0 Å². The van der Waals surface area contributed by atoms with Crippen LogP contribution < -0.4 is 5.73 Å². The Morgan fingerprint density at radius 2 is 2.00 bits per heavy atom. The van der Waals surface area contributed by atoms with Crippen LogP contribution in [-0.4, -0.2) is 18.0 Å². The molecule has 2 N–H and O–H groups in total. The van der Waals surface area contributed by atoms with Gasteiger partial charge in [-0.05, 0) is 18.5 Å². The van der Waals surface area contributed by atoms with E-state index in [1.54, 1.807) is 6.26 Å². The summed E-state index contributed by atoms with van der Waals surface area (Å²) in [6.07, 6.45) is 4.24. The molecule has 0 aliphatic heterocycles. The third-order valence-electron chi connectivity index (χ3n) is 3.54. The molecule has 3 heteroatoms. The molecule has 98 valence electrons. The van der Waals surface area contributed by atoms with Crippen LogP contribution in [0.15, 0.2) is 16.7 Å². The Morgan fingerprint density at radius 3 is 2.53 bits per heavy atom. The van der Waals surface area contributed by atoms with Crippen molar-refractivity contribution in [2.75, 3.05) is 13.1 Å². The number of hydrogen-bond donors (Lipinski definition) is 1. The molecule has 0 amide bonds. The molecular formula is C14H26N2O. The summed E-state index contributed by atoms with van der Waals surface area (Å²) in [5.41, 5.74) is 6.89. The molecule has 1 aromatic rings. The van der Waals surface area contributed by atoms with Crippen molar-refractivity contribution < 1.29 is 4.42 Å². The molecule has 17 heavy (non-hydrogen) atoms. The lowest BCUT2D eigenvalue weighted by Gasteiger charge is -2.25. The van der Waals surface area contributed by atoms with Crippen LogP contribution in [0.3, 0.4) is 0 Å². The maximum absolute atomic E-state index is 5.65. The summed E-state index contributed by atoms with van der Waals surface area (Å²) in [4.78, 5) is 2.47. The van der Waals surface area contributed by atoms with Crippen molar-refractivity contribution >= 4 is 0 Å². The molecule has 0 saturated heterocycles. The first-order valence-electron chi connectivity index (χ1n) is 6.72. The molecule has 0 atom stereocenters. The zero-order valence-electron chi connectivity index (χ0n) is 11.4. The molecule has 1 aromatic heterocycles. The van der Waals surface area contributed by atoms with E-state index in [-0.39, 0.29) is 0 Å². The SMILES string of the molecule is CCC(CC)CN(CC)Cc1ccoc1CN. The van der Waals surface area contributed by atoms with E-state index in [1.807, 2.05) is 6.07 Å². The third-order valence-corrected chi connectivity index (χ3v) is 3.54. The van der Waals surface area contributed by atoms with Gasteiger partial charge in [-0.15, -0.1) is 0 Å². The lowest BCUT2D eigenvalue weighted by Crippen LogP contribution is -2.29. The molecule has 0 radical (unpaired) electrons. The molecule has 0 fully saturated rings. The summed E-state index contributed by atoms with van der Waals surface area (Å²) in [6, 6.07) is 2.04. The monoisotopic (exact) mass is 238 g/mol. The maximum Gasteiger partial charge on any atom is 0.121 e. The quantitative estimate of drug-likeness (QED) is 0.757. The van der Waals surface area contributed by atoms with Gasteiger partial charge in [-0.1, -0.05) is 33.6 Å². The van der Waals surface area contributed by atoms with Gasteiger partial charge < -0.3 is 10.2 Å². The fraction of sp³-hybridized carbons (Fsp3) is 0.714. The molecule has 3 nitrogen and oxygen atoms in total. The van der Waals surface area contributed by atoms with Crippen LogP contribution in [0, 0.1) is 5.92 Å². The zero-order chi connectivity index (χ0) is 12.7. The van der Waals surface area contributed by atoms with E-state index >= 15 is 0 Å². The van der Waals surface area contributed by atoms with Crippen LogP contribution >= 0.6 is 0 Å². The highest BCUT2D eigenvalue weighted by Crippen LogP contribution is 2.16. The van der Waals surface area contributed by atoms with Crippen molar-refractivity contribution in [2.24, 2.45) is 11.7 Å². The van der Waals surface area contributed by atoms with Gasteiger partial charge in [0.1, 0.15) is 5.76 Å². The molecule has 0 saturated carbocycles. The van der Waals surface area contributed by atoms with E-state index in [2.05, 4.69) is 25.7 Å². The van der Waals surface area contributed by atoms with Crippen LogP contribution in [-0.2, 0) is 13.1 Å². The number of nitrogens with zero attached hydrogens (tertiary/aromatic N) is 1. The summed E-state index contributed by atoms with van der Waals surface area (Å²) in [5.74, 6) is 1.72. The van der Waals surface area contributed by atoms with Crippen molar-refractivity contribution in [1.29, 1.82) is 0 Å². The van der Waals surface area contributed by atoms with Gasteiger partial charge in [0.15, 0.2) is 0 Å². The van der Waals surface area contributed by atoms with E-state index in [9.17, 15) is 0 Å². The van der Waals surface area contributed by atoms with E-state index in [1.165, 1.54) is 24.9 Å². The first-order valence-corrected chi connectivity index (χ1v) is 6.72. The average Bonchev–Trinajstić information content (AvgIpc) is 2.81. The molecule has 0 aliphatic rings. The highest BCUT2D eigenvalue weighted by Gasteiger charge is 2.13. The molecule has 1 rings (SSSR count). The first-order chi connectivity index (χ1) is 8.24. The van der Waals surface area contributed by atoms with Crippen molar-refractivity contribution in [1.82, 2.24) is 4.90 Å². The summed E-state index contributed by atoms with van der Waals surface area (Å²) in [7, 11) is 0. The van der Waals surface area contributed by atoms with E-state index in [0.717, 1.165) is 24.8 Å². The maximum atomic E-state index is 5.65. The Morgan fingerprint density at radius 1 is 1.29 bits per heavy atom. The first kappa shape index (κ1) is 14.3. The Bertz CT molecular complexity index is 305. The second kappa shape index (κ2) is 7.51. The summed E-state index contributed by atoms with van der Waals surface area (Å²) in [6.45, 7) is 10.4. The average molecular weight is 238 g/mol. The molecule has 0 aliphatic carbocycles. The Kier molecular flexibility index (Phi) is 6.30. The van der Waals surface area contributed by atoms with Crippen LogP contribution in [0.1, 0.15) is 44.9 Å². The molecule has 0 unspecified atom stereocenters. The van der Waals surface area contributed by atoms with Crippen molar-refractivity contribution in [3.05, 3.63) is 23.7 Å². The zero-order valence-corrected chi connectivity index (χ0v) is 11.4. The van der Waals surface area contributed by atoms with Crippen molar-refractivity contribution in [2.45, 2.75) is 46.7 Å². The Balaban J connectivity index is 2.57. The topological polar surface area (TPSA) is 42.4 Å². The fourth-order valence-electron chi connectivity index (χ4n) is 2.15. The second-order valence-corrected chi connectivity index (χ2v) is 4.58. The van der Waals surface area contributed by atoms with Gasteiger partial charge >= 0.3 is 0 Å². The predicted molar refractivity (Wildman–Crippen MR) is 71.6 cm³/mol. The fourth-order valence-corrected chi connectivity index (χ4v) is 2.15. The van der Waals surface area contributed by atoms with Gasteiger partial charge in [0, 0.05) is 18.7 Å². The van der Waals surface area contributed by atoms with Gasteiger partial charge in [0.25, 0.3) is 0 Å². The summed E-state index contributed by atoms with van der Waals surface area (Å²) >= 11 is 0. The van der Waals surface area contributed by atoms with E-state index in [4.69, 9.17) is 10.2 Å². The van der Waals surface area contributed by atoms with E-state index < -0.39 is 0 Å². The minimum Gasteiger partial charge on any atom is -0.468 e. The highest BCUT2D eigenvalue weighted by molar-refractivity contribution is 5.16. The molecule has 0 spiro atoms. The second-order valence-electron chi connectivity index (χ2n) is 4.58. The van der Waals surface area contributed by atoms with Gasteiger partial charge in [-0.2, -0.15) is 0 Å². The lowest BCUT2D eigenvalue weighted by molar-refractivity contribution is 0.225. The Hall–Kier alpha value is -0.800. The number of rotatable bonds is 8. The Labute approximate surface area is 105 Å². The van der Waals surface area contributed by atoms with Crippen molar-refractivity contribution in [3.8, 4) is 0 Å². The molecular weight excluding hydrogens is 212 g/mol. The summed E-state index contributed by atoms with van der Waals surface area (Å²) < 4.78 is 5.37. The summed E-state index contributed by atoms with van der Waals surface area (Å²) in [5, 5.41) is 0. The van der Waals surface area contributed by atoms with E-state index in [0.29, 0.717) is 6.54 Å². The third kappa shape index (κ3) is 4.17. The van der Waals surface area contributed by atoms with Gasteiger partial charge in [0.2, 0.25) is 0 Å². The number of furan rings is 1. The highest BCUT2D eigenvalue weighted by atomic mass is 16.3. The van der Waals surface area contributed by atoms with Crippen LogP contribution in [0.2, 0.25) is 0 Å².